The molecule has 0 aliphatic carbocycles. The number of rotatable bonds is 8. The molecule has 2 atom stereocenters. The fourth-order valence-electron chi connectivity index (χ4n) is 8.79. The second-order valence-corrected chi connectivity index (χ2v) is 17.4. The molecule has 2 saturated heterocycles. The molecule has 6 aromatic heterocycles. The summed E-state index contributed by atoms with van der Waals surface area (Å²) in [6.45, 7) is 3.43. The number of nitrogen functional groups attached to an aromatic ring is 2. The van der Waals surface area contributed by atoms with Crippen LogP contribution in [0.25, 0.3) is 33.5 Å². The van der Waals surface area contributed by atoms with Crippen molar-refractivity contribution >= 4 is 35.1 Å². The van der Waals surface area contributed by atoms with Gasteiger partial charge in [0.2, 0.25) is 11.9 Å². The van der Waals surface area contributed by atoms with E-state index in [1.807, 2.05) is 24.3 Å². The summed E-state index contributed by atoms with van der Waals surface area (Å²) in [5, 5.41) is 20.5. The molecule has 2 aliphatic rings. The zero-order chi connectivity index (χ0) is 48.8. The molecule has 2 aliphatic heterocycles. The molecule has 2 fully saturated rings. The van der Waals surface area contributed by atoms with E-state index >= 15 is 0 Å². The van der Waals surface area contributed by atoms with Crippen molar-refractivity contribution in [2.24, 2.45) is 25.9 Å². The summed E-state index contributed by atoms with van der Waals surface area (Å²) in [7, 11) is 3.15. The molecule has 0 spiro atoms. The van der Waals surface area contributed by atoms with E-state index in [4.69, 9.17) is 16.6 Å². The summed E-state index contributed by atoms with van der Waals surface area (Å²) < 4.78 is 31.6. The minimum Gasteiger partial charge on any atom is -0.477 e. The second kappa shape index (κ2) is 20.8. The number of amides is 1. The molecular weight excluding hydrogens is 887 g/mol. The fourth-order valence-corrected chi connectivity index (χ4v) is 8.79. The molecule has 0 saturated carbocycles. The van der Waals surface area contributed by atoms with Crippen molar-refractivity contribution in [1.82, 2.24) is 48.5 Å². The third-order valence-corrected chi connectivity index (χ3v) is 12.3. The van der Waals surface area contributed by atoms with E-state index in [1.54, 1.807) is 83.7 Å². The highest BCUT2D eigenvalue weighted by atomic mass is 19.1. The van der Waals surface area contributed by atoms with Gasteiger partial charge >= 0.3 is 5.97 Å². The number of aryl methyl sites for hydroxylation is 2. The quantitative estimate of drug-likeness (QED) is 0.145. The molecule has 10 rings (SSSR count). The van der Waals surface area contributed by atoms with Crippen molar-refractivity contribution in [3.05, 3.63) is 164 Å². The van der Waals surface area contributed by atoms with Gasteiger partial charge in [-0.3, -0.25) is 14.4 Å². The van der Waals surface area contributed by atoms with E-state index < -0.39 is 11.5 Å². The molecule has 0 radical (unpaired) electrons. The van der Waals surface area contributed by atoms with Crippen molar-refractivity contribution in [2.45, 2.75) is 38.5 Å². The van der Waals surface area contributed by atoms with Gasteiger partial charge in [0.25, 0.3) is 17.0 Å². The van der Waals surface area contributed by atoms with Crippen LogP contribution >= 0.6 is 0 Å². The average molecular weight is 939 g/mol. The maximum atomic E-state index is 13.4. The first-order valence-electron chi connectivity index (χ1n) is 22.6. The Hall–Kier alpha value is -8.06. The lowest BCUT2D eigenvalue weighted by Gasteiger charge is -2.33. The van der Waals surface area contributed by atoms with E-state index in [2.05, 4.69) is 25.5 Å². The number of benzene rings is 2. The number of nitrogens with one attached hydrogen (secondary N) is 1. The summed E-state index contributed by atoms with van der Waals surface area (Å²) in [5.41, 5.74) is 16.4. The Labute approximate surface area is 394 Å². The van der Waals surface area contributed by atoms with Crippen LogP contribution in [0.5, 0.6) is 0 Å². The summed E-state index contributed by atoms with van der Waals surface area (Å²) in [6, 6.07) is 23.5. The van der Waals surface area contributed by atoms with Crippen molar-refractivity contribution in [2.75, 3.05) is 37.6 Å². The van der Waals surface area contributed by atoms with Crippen LogP contribution in [0, 0.1) is 23.5 Å². The van der Waals surface area contributed by atoms with Crippen molar-refractivity contribution in [3.8, 4) is 22.3 Å². The molecule has 8 heterocycles. The highest BCUT2D eigenvalue weighted by molar-refractivity contribution is 5.95. The van der Waals surface area contributed by atoms with E-state index in [0.29, 0.717) is 35.5 Å². The number of fused-ring (bicyclic) bond motifs is 2. The zero-order valence-electron chi connectivity index (χ0n) is 38.1. The monoisotopic (exact) mass is 938 g/mol. The van der Waals surface area contributed by atoms with Crippen LogP contribution in [-0.4, -0.2) is 86.4 Å². The first-order valence-corrected chi connectivity index (χ1v) is 22.6. The molecule has 2 aromatic carbocycles. The highest BCUT2D eigenvalue weighted by Crippen LogP contribution is 2.25. The van der Waals surface area contributed by atoms with Crippen molar-refractivity contribution < 1.29 is 23.5 Å². The fraction of sp³-hybridized carbons (Fsp3) is 0.280. The smallest absolute Gasteiger partial charge is 0.341 e. The summed E-state index contributed by atoms with van der Waals surface area (Å²) in [5.74, 6) is -0.607. The Balaban J connectivity index is 0.000000155. The first kappa shape index (κ1) is 47.4. The number of likely N-dealkylation sites (tertiary alicyclic amines) is 1. The number of carboxylic acid groups (broad SMARTS) is 1. The minimum atomic E-state index is -1.26. The summed E-state index contributed by atoms with van der Waals surface area (Å²) in [6.07, 6.45) is 12.9. The van der Waals surface area contributed by atoms with Gasteiger partial charge in [0.05, 0.1) is 0 Å². The number of piperidine rings is 2. The molecule has 19 heteroatoms. The topological polar surface area (TPSA) is 226 Å². The number of pyridine rings is 4. The van der Waals surface area contributed by atoms with Gasteiger partial charge < -0.3 is 35.9 Å². The number of carboxylic acids is 1. The Morgan fingerprint density at radius 3 is 1.68 bits per heavy atom. The van der Waals surface area contributed by atoms with Crippen LogP contribution in [-0.2, 0) is 26.9 Å². The number of aromatic carboxylic acids is 1. The summed E-state index contributed by atoms with van der Waals surface area (Å²) in [4.78, 5) is 59.2. The van der Waals surface area contributed by atoms with Gasteiger partial charge in [-0.1, -0.05) is 24.3 Å². The first-order chi connectivity index (χ1) is 33.2. The number of aromatic nitrogens is 8. The van der Waals surface area contributed by atoms with Gasteiger partial charge in [0, 0.05) is 52.0 Å². The van der Waals surface area contributed by atoms with E-state index in [9.17, 15) is 28.0 Å². The van der Waals surface area contributed by atoms with Crippen LogP contribution in [0.4, 0.5) is 20.7 Å². The number of carbonyl (C=O) groups is 2. The standard InChI is InChI=1S/C25H25FN6O2.C13H11N5O3.C12H16FN/c1-30-15-19(18-8-10-32-22(13-18)28-25(27)29-32)12-21(23(30)33)24(34)31-9-2-3-17(14-31)11-16-4-6-20(26)7-5-16;1-17-6-8(4-9(11(17)19)12(20)21)7-2-3-18-10(5-7)15-13(14)16-18;13-12-5-3-10(4-6-12)8-11-2-1-7-14-9-11/h4-8,10,12-13,15,17H,2-3,9,11,14H2,1H3,(H2,27,29);2-6H,1H3,(H2,14,16)(H,20,21);3-6,11,14H,1-2,7-9H2. The van der Waals surface area contributed by atoms with Gasteiger partial charge in [0.15, 0.2) is 11.3 Å². The SMILES string of the molecule is Cn1cc(-c2ccn3nc(N)nc3c2)cc(C(=O)N2CCCC(Cc3ccc(F)cc3)C2)c1=O.Cn1cc(-c2ccn3nc(N)nc3c2)cc(C(=O)O)c1=O.Fc1ccc(CC2CCCNC2)cc1. The predicted molar refractivity (Wildman–Crippen MR) is 258 cm³/mol. The van der Waals surface area contributed by atoms with Gasteiger partial charge in [-0.2, -0.15) is 9.97 Å². The summed E-state index contributed by atoms with van der Waals surface area (Å²) >= 11 is 0. The lowest BCUT2D eigenvalue weighted by atomic mass is 9.91. The average Bonchev–Trinajstić information content (AvgIpc) is 3.92. The predicted octanol–water partition coefficient (Wildman–Crippen LogP) is 5.65. The molecular formula is C50H52F2N12O5. The lowest BCUT2D eigenvalue weighted by molar-refractivity contribution is 0.0668. The Morgan fingerprint density at radius 1 is 0.681 bits per heavy atom. The van der Waals surface area contributed by atoms with E-state index in [-0.39, 0.29) is 52.0 Å². The third kappa shape index (κ3) is 11.6. The molecule has 2 unspecified atom stereocenters. The number of halogens is 2. The molecule has 69 heavy (non-hydrogen) atoms. The number of hydrogen-bond acceptors (Lipinski definition) is 11. The zero-order valence-corrected chi connectivity index (χ0v) is 38.1. The van der Waals surface area contributed by atoms with E-state index in [1.165, 1.54) is 57.3 Å². The molecule has 0 bridgehead atoms. The van der Waals surface area contributed by atoms with Gasteiger partial charge in [-0.25, -0.2) is 22.6 Å². The molecule has 8 aromatic rings. The number of anilines is 2. The number of hydrogen-bond donors (Lipinski definition) is 4. The normalized spacial score (nSPS) is 15.8. The minimum absolute atomic E-state index is 0.142. The van der Waals surface area contributed by atoms with Crippen LogP contribution in [0.1, 0.15) is 57.5 Å². The van der Waals surface area contributed by atoms with Gasteiger partial charge in [-0.05, 0) is 157 Å². The van der Waals surface area contributed by atoms with Gasteiger partial charge in [-0.15, -0.1) is 10.2 Å². The van der Waals surface area contributed by atoms with Crippen LogP contribution in [0.15, 0.2) is 119 Å². The van der Waals surface area contributed by atoms with Crippen LogP contribution in [0.2, 0.25) is 0 Å². The Kier molecular flexibility index (Phi) is 14.3. The maximum absolute atomic E-state index is 13.4. The lowest BCUT2D eigenvalue weighted by Crippen LogP contribution is -2.43. The highest BCUT2D eigenvalue weighted by Gasteiger charge is 2.27. The Bertz CT molecular complexity index is 3250. The number of carbonyl (C=O) groups excluding carboxylic acids is 1. The third-order valence-electron chi connectivity index (χ3n) is 12.3. The largest absolute Gasteiger partial charge is 0.477 e. The molecule has 356 valence electrons. The number of nitrogens with two attached hydrogens (primary N) is 2. The van der Waals surface area contributed by atoms with Crippen molar-refractivity contribution in [1.29, 1.82) is 0 Å². The maximum Gasteiger partial charge on any atom is 0.341 e. The Morgan fingerprint density at radius 2 is 1.17 bits per heavy atom. The van der Waals surface area contributed by atoms with E-state index in [0.717, 1.165) is 61.4 Å². The second-order valence-electron chi connectivity index (χ2n) is 17.4. The van der Waals surface area contributed by atoms with Crippen LogP contribution in [0.3, 0.4) is 0 Å². The van der Waals surface area contributed by atoms with Crippen LogP contribution < -0.4 is 27.9 Å². The van der Waals surface area contributed by atoms with Crippen molar-refractivity contribution in [3.63, 3.8) is 0 Å². The number of nitrogens with zero attached hydrogens (tertiary/aromatic N) is 9. The van der Waals surface area contributed by atoms with Gasteiger partial charge in [0.1, 0.15) is 22.8 Å². The molecule has 6 N–H and O–H groups in total. The molecule has 17 nitrogen and oxygen atoms in total. The molecule has 1 amide bonds.